The molecule has 2 N–H and O–H groups in total. The van der Waals surface area contributed by atoms with Crippen molar-refractivity contribution in [2.75, 3.05) is 33.9 Å². The van der Waals surface area contributed by atoms with Crippen LogP contribution in [-0.4, -0.2) is 51.4 Å². The summed E-state index contributed by atoms with van der Waals surface area (Å²) in [6.45, 7) is 6.85. The highest BCUT2D eigenvalue weighted by molar-refractivity contribution is 14.0. The molecule has 1 atom stereocenters. The molecule has 0 radical (unpaired) electrons. The third-order valence-electron chi connectivity index (χ3n) is 4.36. The molecule has 0 spiro atoms. The number of aliphatic imine (C=N–C) groups is 1. The van der Waals surface area contributed by atoms with Crippen LogP contribution in [0.4, 0.5) is 0 Å². The summed E-state index contributed by atoms with van der Waals surface area (Å²) >= 11 is 0. The van der Waals surface area contributed by atoms with E-state index in [1.54, 1.807) is 12.1 Å². The van der Waals surface area contributed by atoms with Gasteiger partial charge in [-0.05, 0) is 44.4 Å². The average Bonchev–Trinajstić information content (AvgIpc) is 3.10. The van der Waals surface area contributed by atoms with Crippen LogP contribution in [0.3, 0.4) is 0 Å². The van der Waals surface area contributed by atoms with E-state index < -0.39 is 5.97 Å². The number of hydrogen-bond donors (Lipinski definition) is 2. The number of nitrogens with zero attached hydrogens (tertiary/aromatic N) is 1. The van der Waals surface area contributed by atoms with Crippen LogP contribution in [0, 0.1) is 0 Å². The zero-order valence-corrected chi connectivity index (χ0v) is 18.8. The number of ether oxygens (including phenoxy) is 3. The molecule has 1 aromatic rings. The number of esters is 1. The van der Waals surface area contributed by atoms with Gasteiger partial charge < -0.3 is 24.8 Å². The topological polar surface area (TPSA) is 81.2 Å². The van der Waals surface area contributed by atoms with Crippen LogP contribution >= 0.6 is 24.0 Å². The van der Waals surface area contributed by atoms with E-state index in [-0.39, 0.29) is 29.6 Å². The Labute approximate surface area is 178 Å². The van der Waals surface area contributed by atoms with Crippen molar-refractivity contribution in [3.63, 3.8) is 0 Å². The molecule has 1 heterocycles. The van der Waals surface area contributed by atoms with Gasteiger partial charge in [-0.2, -0.15) is 0 Å². The van der Waals surface area contributed by atoms with Crippen molar-refractivity contribution >= 4 is 35.9 Å². The summed E-state index contributed by atoms with van der Waals surface area (Å²) in [6.07, 6.45) is 2.13. The molecule has 1 fully saturated rings. The first-order valence-electron chi connectivity index (χ1n) is 8.92. The van der Waals surface area contributed by atoms with E-state index in [2.05, 4.69) is 22.5 Å². The summed E-state index contributed by atoms with van der Waals surface area (Å²) in [7, 11) is 2.88. The van der Waals surface area contributed by atoms with E-state index in [1.807, 2.05) is 13.0 Å². The lowest BCUT2D eigenvalue weighted by Crippen LogP contribution is -2.45. The predicted molar refractivity (Wildman–Crippen MR) is 116 cm³/mol. The molecule has 0 bridgehead atoms. The molecule has 0 aliphatic carbocycles. The molecule has 1 aliphatic heterocycles. The standard InChI is InChI=1S/C19H29N3O4.HI/c1-5-20-18(22-13-19(2)9-6-10-26-19)21-12-14-7-8-16(24-3)15(11-14)17(23)25-4;/h7-8,11H,5-6,9-10,12-13H2,1-4H3,(H2,20,21,22);1H. The van der Waals surface area contributed by atoms with Gasteiger partial charge in [-0.3, -0.25) is 0 Å². The fourth-order valence-electron chi connectivity index (χ4n) is 2.88. The largest absolute Gasteiger partial charge is 0.496 e. The van der Waals surface area contributed by atoms with Gasteiger partial charge in [-0.15, -0.1) is 24.0 Å². The van der Waals surface area contributed by atoms with E-state index in [9.17, 15) is 4.79 Å². The lowest BCUT2D eigenvalue weighted by Gasteiger charge is -2.24. The summed E-state index contributed by atoms with van der Waals surface area (Å²) < 4.78 is 15.8. The normalized spacial score (nSPS) is 19.2. The number of hydrogen-bond acceptors (Lipinski definition) is 5. The molecule has 0 saturated carbocycles. The Morgan fingerprint density at radius 3 is 2.70 bits per heavy atom. The second-order valence-corrected chi connectivity index (χ2v) is 6.48. The minimum atomic E-state index is -0.427. The van der Waals surface area contributed by atoms with Crippen LogP contribution in [-0.2, 0) is 16.0 Å². The lowest BCUT2D eigenvalue weighted by atomic mass is 10.0. The van der Waals surface area contributed by atoms with Crippen LogP contribution < -0.4 is 15.4 Å². The molecule has 1 aromatic carbocycles. The molecule has 152 valence electrons. The molecule has 1 aliphatic rings. The van der Waals surface area contributed by atoms with Gasteiger partial charge in [0.25, 0.3) is 0 Å². The monoisotopic (exact) mass is 491 g/mol. The third-order valence-corrected chi connectivity index (χ3v) is 4.36. The average molecular weight is 491 g/mol. The van der Waals surface area contributed by atoms with Gasteiger partial charge in [0.15, 0.2) is 5.96 Å². The van der Waals surface area contributed by atoms with Crippen LogP contribution in [0.15, 0.2) is 23.2 Å². The zero-order chi connectivity index (χ0) is 19.0. The summed E-state index contributed by atoms with van der Waals surface area (Å²) in [6, 6.07) is 5.39. The van der Waals surface area contributed by atoms with Crippen molar-refractivity contribution < 1.29 is 19.0 Å². The first kappa shape index (κ1) is 23.5. The maximum Gasteiger partial charge on any atom is 0.341 e. The number of rotatable bonds is 7. The molecule has 0 aromatic heterocycles. The number of nitrogens with one attached hydrogen (secondary N) is 2. The SMILES string of the molecule is CCNC(=NCc1ccc(OC)c(C(=O)OC)c1)NCC1(C)CCCO1.I. The molecule has 7 nitrogen and oxygen atoms in total. The first-order chi connectivity index (χ1) is 12.5. The smallest absolute Gasteiger partial charge is 0.341 e. The van der Waals surface area contributed by atoms with Crippen LogP contribution in [0.5, 0.6) is 5.75 Å². The van der Waals surface area contributed by atoms with Crippen molar-refractivity contribution in [2.45, 2.75) is 38.8 Å². The number of benzene rings is 1. The zero-order valence-electron chi connectivity index (χ0n) is 16.5. The van der Waals surface area contributed by atoms with E-state index in [0.29, 0.717) is 24.4 Å². The second-order valence-electron chi connectivity index (χ2n) is 6.48. The molecule has 1 unspecified atom stereocenters. The Morgan fingerprint density at radius 1 is 1.33 bits per heavy atom. The van der Waals surface area contributed by atoms with Crippen LogP contribution in [0.25, 0.3) is 0 Å². The van der Waals surface area contributed by atoms with E-state index >= 15 is 0 Å². The summed E-state index contributed by atoms with van der Waals surface area (Å²) in [5.74, 6) is 0.782. The highest BCUT2D eigenvalue weighted by Gasteiger charge is 2.29. The highest BCUT2D eigenvalue weighted by Crippen LogP contribution is 2.24. The van der Waals surface area contributed by atoms with Gasteiger partial charge in [0.05, 0.1) is 26.4 Å². The number of carbonyl (C=O) groups is 1. The summed E-state index contributed by atoms with van der Waals surface area (Å²) in [4.78, 5) is 16.5. The quantitative estimate of drug-likeness (QED) is 0.264. The Balaban J connectivity index is 0.00000364. The minimum Gasteiger partial charge on any atom is -0.496 e. The van der Waals surface area contributed by atoms with E-state index in [0.717, 1.165) is 37.5 Å². The number of halogens is 1. The molecular weight excluding hydrogens is 461 g/mol. The maximum absolute atomic E-state index is 11.9. The van der Waals surface area contributed by atoms with Gasteiger partial charge in [0.2, 0.25) is 0 Å². The van der Waals surface area contributed by atoms with Gasteiger partial charge in [-0.25, -0.2) is 9.79 Å². The van der Waals surface area contributed by atoms with Gasteiger partial charge in [0.1, 0.15) is 11.3 Å². The van der Waals surface area contributed by atoms with Crippen molar-refractivity contribution in [3.05, 3.63) is 29.3 Å². The minimum absolute atomic E-state index is 0. The van der Waals surface area contributed by atoms with Crippen molar-refractivity contribution in [3.8, 4) is 5.75 Å². The van der Waals surface area contributed by atoms with Crippen molar-refractivity contribution in [1.82, 2.24) is 10.6 Å². The van der Waals surface area contributed by atoms with E-state index in [1.165, 1.54) is 14.2 Å². The fraction of sp³-hybridized carbons (Fsp3) is 0.579. The number of guanidine groups is 1. The lowest BCUT2D eigenvalue weighted by molar-refractivity contribution is 0.0242. The van der Waals surface area contributed by atoms with Crippen LogP contribution in [0.2, 0.25) is 0 Å². The molecule has 27 heavy (non-hydrogen) atoms. The Hall–Kier alpha value is -1.55. The molecule has 0 amide bonds. The van der Waals surface area contributed by atoms with Gasteiger partial charge >= 0.3 is 5.97 Å². The fourth-order valence-corrected chi connectivity index (χ4v) is 2.88. The third kappa shape index (κ3) is 6.84. The maximum atomic E-state index is 11.9. The molecule has 8 heteroatoms. The summed E-state index contributed by atoms with van der Waals surface area (Å²) in [5.41, 5.74) is 1.15. The van der Waals surface area contributed by atoms with Crippen molar-refractivity contribution in [1.29, 1.82) is 0 Å². The Kier molecular flexibility index (Phi) is 9.86. The van der Waals surface area contributed by atoms with Gasteiger partial charge in [-0.1, -0.05) is 6.07 Å². The molecule has 2 rings (SSSR count). The Bertz CT molecular complexity index is 646. The molecule has 1 saturated heterocycles. The van der Waals surface area contributed by atoms with Gasteiger partial charge in [0, 0.05) is 19.7 Å². The van der Waals surface area contributed by atoms with E-state index in [4.69, 9.17) is 14.2 Å². The van der Waals surface area contributed by atoms with Crippen molar-refractivity contribution in [2.24, 2.45) is 4.99 Å². The highest BCUT2D eigenvalue weighted by atomic mass is 127. The predicted octanol–water partition coefficient (Wildman–Crippen LogP) is 2.72. The van der Waals surface area contributed by atoms with Crippen LogP contribution in [0.1, 0.15) is 42.6 Å². The second kappa shape index (κ2) is 11.3. The number of methoxy groups -OCH3 is 2. The first-order valence-corrected chi connectivity index (χ1v) is 8.92. The molecular formula is C19H30IN3O4. The summed E-state index contributed by atoms with van der Waals surface area (Å²) in [5, 5.41) is 6.57. The number of carbonyl (C=O) groups excluding carboxylic acids is 1. The Morgan fingerprint density at radius 2 is 2.11 bits per heavy atom.